The average molecular weight is 198 g/mol. The second kappa shape index (κ2) is 3.87. The van der Waals surface area contributed by atoms with Crippen molar-refractivity contribution in [2.24, 2.45) is 5.16 Å². The van der Waals surface area contributed by atoms with Crippen molar-refractivity contribution < 1.29 is 4.84 Å². The summed E-state index contributed by atoms with van der Waals surface area (Å²) in [4.78, 5) is 6.21. The lowest BCUT2D eigenvalue weighted by atomic mass is 10.2. The summed E-state index contributed by atoms with van der Waals surface area (Å²) in [6.45, 7) is 7.84. The Kier molecular flexibility index (Phi) is 3.03. The minimum Gasteiger partial charge on any atom is -0.390 e. The quantitative estimate of drug-likeness (QED) is 0.540. The van der Waals surface area contributed by atoms with Gasteiger partial charge in [0.25, 0.3) is 0 Å². The summed E-state index contributed by atoms with van der Waals surface area (Å²) in [7, 11) is 0. The van der Waals surface area contributed by atoms with Crippen molar-refractivity contribution in [3.63, 3.8) is 0 Å². The molecule has 72 valence electrons. The van der Waals surface area contributed by atoms with E-state index < -0.39 is 0 Å². The molecule has 0 aliphatic heterocycles. The molecule has 0 saturated carbocycles. The third-order valence-electron chi connectivity index (χ3n) is 1.15. The van der Waals surface area contributed by atoms with Gasteiger partial charge in [0.2, 0.25) is 0 Å². The summed E-state index contributed by atoms with van der Waals surface area (Å²) >= 11 is 1.42. The molecule has 0 radical (unpaired) electrons. The molecule has 0 atom stereocenters. The fourth-order valence-electron chi connectivity index (χ4n) is 0.681. The van der Waals surface area contributed by atoms with Gasteiger partial charge in [-0.05, 0) is 45.3 Å². The molecular formula is C9H14N2OS. The van der Waals surface area contributed by atoms with Crippen LogP contribution in [0.2, 0.25) is 0 Å². The SMILES string of the molecule is Cc1cc(/C=N/OC(C)(C)C)sn1. The van der Waals surface area contributed by atoms with E-state index in [1.165, 1.54) is 11.5 Å². The van der Waals surface area contributed by atoms with E-state index in [1.807, 2.05) is 33.8 Å². The van der Waals surface area contributed by atoms with Gasteiger partial charge in [-0.15, -0.1) is 0 Å². The molecule has 0 aliphatic rings. The lowest BCUT2D eigenvalue weighted by Gasteiger charge is -2.14. The topological polar surface area (TPSA) is 34.5 Å². The summed E-state index contributed by atoms with van der Waals surface area (Å²) in [5.74, 6) is 0. The minimum absolute atomic E-state index is 0.226. The number of nitrogens with zero attached hydrogens (tertiary/aromatic N) is 2. The van der Waals surface area contributed by atoms with Crippen LogP contribution in [-0.2, 0) is 4.84 Å². The Morgan fingerprint density at radius 3 is 2.69 bits per heavy atom. The van der Waals surface area contributed by atoms with E-state index in [9.17, 15) is 0 Å². The van der Waals surface area contributed by atoms with Crippen LogP contribution in [-0.4, -0.2) is 16.2 Å². The number of aryl methyl sites for hydroxylation is 1. The molecule has 4 heteroatoms. The zero-order chi connectivity index (χ0) is 9.90. The molecule has 0 unspecified atom stereocenters. The van der Waals surface area contributed by atoms with Crippen LogP contribution in [0.3, 0.4) is 0 Å². The van der Waals surface area contributed by atoms with Gasteiger partial charge in [-0.25, -0.2) is 0 Å². The summed E-state index contributed by atoms with van der Waals surface area (Å²) < 4.78 is 4.13. The Labute approximate surface area is 82.6 Å². The smallest absolute Gasteiger partial charge is 0.129 e. The van der Waals surface area contributed by atoms with Crippen LogP contribution < -0.4 is 0 Å². The third-order valence-corrected chi connectivity index (χ3v) is 1.97. The Bertz CT molecular complexity index is 299. The standard InChI is InChI=1S/C9H14N2OS/c1-7-5-8(13-11-7)6-10-12-9(2,3)4/h5-6H,1-4H3/b10-6+. The van der Waals surface area contributed by atoms with Crippen LogP contribution in [0.5, 0.6) is 0 Å². The van der Waals surface area contributed by atoms with Gasteiger partial charge in [-0.1, -0.05) is 5.16 Å². The minimum atomic E-state index is -0.226. The van der Waals surface area contributed by atoms with E-state index in [1.54, 1.807) is 6.21 Å². The van der Waals surface area contributed by atoms with E-state index in [2.05, 4.69) is 9.53 Å². The van der Waals surface area contributed by atoms with Gasteiger partial charge in [0.05, 0.1) is 16.8 Å². The van der Waals surface area contributed by atoms with Gasteiger partial charge in [-0.2, -0.15) is 4.37 Å². The highest BCUT2D eigenvalue weighted by Gasteiger charge is 2.09. The number of hydrogen-bond donors (Lipinski definition) is 0. The Balaban J connectivity index is 2.50. The van der Waals surface area contributed by atoms with E-state index in [4.69, 9.17) is 4.84 Å². The number of aromatic nitrogens is 1. The van der Waals surface area contributed by atoms with E-state index in [-0.39, 0.29) is 5.60 Å². The molecule has 0 saturated heterocycles. The number of hydrogen-bond acceptors (Lipinski definition) is 4. The molecule has 1 aromatic rings. The van der Waals surface area contributed by atoms with Gasteiger partial charge in [0.15, 0.2) is 0 Å². The molecule has 0 spiro atoms. The van der Waals surface area contributed by atoms with Crippen LogP contribution in [0.4, 0.5) is 0 Å². The maximum atomic E-state index is 5.19. The highest BCUT2D eigenvalue weighted by Crippen LogP contribution is 2.09. The van der Waals surface area contributed by atoms with Crippen molar-refractivity contribution in [3.05, 3.63) is 16.6 Å². The van der Waals surface area contributed by atoms with Crippen molar-refractivity contribution in [3.8, 4) is 0 Å². The maximum Gasteiger partial charge on any atom is 0.129 e. The molecule has 0 fully saturated rings. The molecule has 0 aromatic carbocycles. The second-order valence-corrected chi connectivity index (χ2v) is 4.65. The van der Waals surface area contributed by atoms with Crippen molar-refractivity contribution in [1.29, 1.82) is 0 Å². The highest BCUT2D eigenvalue weighted by molar-refractivity contribution is 7.07. The molecule has 3 nitrogen and oxygen atoms in total. The monoisotopic (exact) mass is 198 g/mol. The van der Waals surface area contributed by atoms with Crippen LogP contribution in [0.15, 0.2) is 11.2 Å². The predicted octanol–water partition coefficient (Wildman–Crippen LogP) is 2.60. The Hall–Kier alpha value is -0.900. The predicted molar refractivity (Wildman–Crippen MR) is 55.3 cm³/mol. The van der Waals surface area contributed by atoms with Crippen molar-refractivity contribution in [1.82, 2.24) is 4.37 Å². The van der Waals surface area contributed by atoms with Gasteiger partial charge < -0.3 is 4.84 Å². The molecule has 1 aromatic heterocycles. The first-order valence-electron chi connectivity index (χ1n) is 4.12. The van der Waals surface area contributed by atoms with Crippen LogP contribution in [0.25, 0.3) is 0 Å². The maximum absolute atomic E-state index is 5.19. The van der Waals surface area contributed by atoms with Gasteiger partial charge in [-0.3, -0.25) is 0 Å². The van der Waals surface area contributed by atoms with Gasteiger partial charge in [0.1, 0.15) is 5.60 Å². The summed E-state index contributed by atoms with van der Waals surface area (Å²) in [5, 5.41) is 3.87. The molecule has 1 rings (SSSR count). The largest absolute Gasteiger partial charge is 0.390 e. The van der Waals surface area contributed by atoms with Crippen molar-refractivity contribution in [2.75, 3.05) is 0 Å². The van der Waals surface area contributed by atoms with Crippen molar-refractivity contribution in [2.45, 2.75) is 33.3 Å². The molecule has 1 heterocycles. The number of oxime groups is 1. The van der Waals surface area contributed by atoms with Gasteiger partial charge in [0, 0.05) is 0 Å². The first-order chi connectivity index (χ1) is 5.97. The fraction of sp³-hybridized carbons (Fsp3) is 0.556. The van der Waals surface area contributed by atoms with Crippen LogP contribution in [0, 0.1) is 6.92 Å². The van der Waals surface area contributed by atoms with Crippen molar-refractivity contribution >= 4 is 17.7 Å². The molecule has 0 aliphatic carbocycles. The van der Waals surface area contributed by atoms with Crippen LogP contribution in [0.1, 0.15) is 31.3 Å². The zero-order valence-corrected chi connectivity index (χ0v) is 9.18. The Morgan fingerprint density at radius 2 is 2.23 bits per heavy atom. The first-order valence-corrected chi connectivity index (χ1v) is 4.89. The fourth-order valence-corrected chi connectivity index (χ4v) is 1.30. The number of rotatable bonds is 2. The molecular weight excluding hydrogens is 184 g/mol. The average Bonchev–Trinajstić information content (AvgIpc) is 2.33. The lowest BCUT2D eigenvalue weighted by molar-refractivity contribution is 0.00202. The van der Waals surface area contributed by atoms with E-state index in [0.29, 0.717) is 0 Å². The van der Waals surface area contributed by atoms with Gasteiger partial charge >= 0.3 is 0 Å². The highest BCUT2D eigenvalue weighted by atomic mass is 32.1. The van der Waals surface area contributed by atoms with Crippen LogP contribution >= 0.6 is 11.5 Å². The zero-order valence-electron chi connectivity index (χ0n) is 8.37. The Morgan fingerprint density at radius 1 is 1.54 bits per heavy atom. The molecule has 0 N–H and O–H groups in total. The third kappa shape index (κ3) is 4.03. The second-order valence-electron chi connectivity index (χ2n) is 3.81. The summed E-state index contributed by atoms with van der Waals surface area (Å²) in [6.07, 6.45) is 1.69. The molecule has 0 bridgehead atoms. The summed E-state index contributed by atoms with van der Waals surface area (Å²) in [5.41, 5.74) is 0.790. The first kappa shape index (κ1) is 10.2. The molecule has 0 amide bonds. The lowest BCUT2D eigenvalue weighted by Crippen LogP contribution is -2.15. The summed E-state index contributed by atoms with van der Waals surface area (Å²) in [6, 6.07) is 1.97. The molecule has 13 heavy (non-hydrogen) atoms. The normalized spacial score (nSPS) is 12.3. The van der Waals surface area contributed by atoms with E-state index in [0.717, 1.165) is 10.6 Å². The van der Waals surface area contributed by atoms with E-state index >= 15 is 0 Å².